The Bertz CT molecular complexity index is 1220. The van der Waals surface area contributed by atoms with Gasteiger partial charge in [-0.3, -0.25) is 0 Å². The van der Waals surface area contributed by atoms with E-state index in [4.69, 9.17) is 4.74 Å². The lowest BCUT2D eigenvalue weighted by Gasteiger charge is -2.29. The number of halogens is 7. The van der Waals surface area contributed by atoms with Crippen LogP contribution >= 0.6 is 0 Å². The van der Waals surface area contributed by atoms with Gasteiger partial charge in [-0.15, -0.1) is 0 Å². The zero-order valence-electron chi connectivity index (χ0n) is 21.6. The molecule has 0 radical (unpaired) electrons. The van der Waals surface area contributed by atoms with E-state index in [0.29, 0.717) is 18.1 Å². The molecule has 8 heteroatoms. The number of ether oxygens (including phenoxy) is 1. The Kier molecular flexibility index (Phi) is 8.92. The van der Waals surface area contributed by atoms with Crippen LogP contribution in [0.5, 0.6) is 5.75 Å². The van der Waals surface area contributed by atoms with Gasteiger partial charge in [0.15, 0.2) is 0 Å². The number of unbranched alkanes of at least 4 members (excludes halogenated alkanes) is 2. The zero-order valence-corrected chi connectivity index (χ0v) is 21.6. The van der Waals surface area contributed by atoms with Gasteiger partial charge in [0.25, 0.3) is 0 Å². The Morgan fingerprint density at radius 2 is 1.41 bits per heavy atom. The fourth-order valence-corrected chi connectivity index (χ4v) is 5.41. The highest BCUT2D eigenvalue weighted by Crippen LogP contribution is 2.42. The fraction of sp³-hybridized carbons (Fsp3) is 0.419. The van der Waals surface area contributed by atoms with Crippen molar-refractivity contribution in [1.29, 1.82) is 0 Å². The third kappa shape index (κ3) is 6.95. The van der Waals surface area contributed by atoms with Crippen LogP contribution in [0.25, 0.3) is 11.1 Å². The van der Waals surface area contributed by atoms with Crippen molar-refractivity contribution in [1.82, 2.24) is 0 Å². The highest BCUT2D eigenvalue weighted by atomic mass is 19.4. The topological polar surface area (TPSA) is 9.23 Å². The fourth-order valence-electron chi connectivity index (χ4n) is 5.41. The molecule has 3 aromatic rings. The van der Waals surface area contributed by atoms with Crippen LogP contribution in [0.3, 0.4) is 0 Å². The number of hydrogen-bond acceptors (Lipinski definition) is 1. The van der Waals surface area contributed by atoms with E-state index in [1.54, 1.807) is 12.1 Å². The molecule has 1 aliphatic carbocycles. The van der Waals surface area contributed by atoms with E-state index in [1.165, 1.54) is 62.1 Å². The normalized spacial score (nSPS) is 18.3. The van der Waals surface area contributed by atoms with Gasteiger partial charge >= 0.3 is 12.3 Å². The van der Waals surface area contributed by atoms with Crippen molar-refractivity contribution in [3.8, 4) is 16.9 Å². The molecule has 1 nitrogen and oxygen atoms in total. The lowest BCUT2D eigenvalue weighted by molar-refractivity contribution is -0.185. The number of para-hydroxylation sites is 1. The quantitative estimate of drug-likeness (QED) is 0.190. The number of benzene rings is 3. The minimum Gasteiger partial charge on any atom is -0.428 e. The molecule has 0 unspecified atom stereocenters. The summed E-state index contributed by atoms with van der Waals surface area (Å²) in [6, 6.07) is 12.1. The SMILES string of the molecule is CCCCCC1CCC(c2ccc(C(F)(F)Oc3ccccc3-c3cc(F)c(C(F)(F)F)c(F)c3)cc2)CC1. The molecule has 1 saturated carbocycles. The van der Waals surface area contributed by atoms with Crippen LogP contribution in [-0.4, -0.2) is 0 Å². The predicted octanol–water partition coefficient (Wildman–Crippen LogP) is 10.6. The first-order valence-corrected chi connectivity index (χ1v) is 13.3. The maximum Gasteiger partial charge on any atom is 0.426 e. The Morgan fingerprint density at radius 3 is 2.00 bits per heavy atom. The van der Waals surface area contributed by atoms with Crippen molar-refractivity contribution in [2.45, 2.75) is 76.5 Å². The summed E-state index contributed by atoms with van der Waals surface area (Å²) < 4.78 is 103. The largest absolute Gasteiger partial charge is 0.428 e. The second kappa shape index (κ2) is 12.0. The molecule has 0 atom stereocenters. The number of alkyl halides is 5. The first kappa shape index (κ1) is 29.0. The van der Waals surface area contributed by atoms with Crippen molar-refractivity contribution >= 4 is 0 Å². The molecule has 3 aromatic carbocycles. The standard InChI is InChI=1S/C31H31F7O/c1-2-3-4-7-20-10-12-21(13-11-20)22-14-16-24(17-15-22)31(37,38)39-28-9-6-5-8-25(28)23-18-26(32)29(27(33)19-23)30(34,35)36/h5-6,8-9,14-21H,2-4,7,10-13H2,1H3. The zero-order chi connectivity index (χ0) is 28.2. The molecule has 0 spiro atoms. The second-order valence-electron chi connectivity index (χ2n) is 10.3. The van der Waals surface area contributed by atoms with E-state index in [0.717, 1.165) is 37.2 Å². The van der Waals surface area contributed by atoms with Crippen LogP contribution < -0.4 is 4.74 Å². The molecule has 0 aromatic heterocycles. The first-order chi connectivity index (χ1) is 18.5. The summed E-state index contributed by atoms with van der Waals surface area (Å²) in [4.78, 5) is 0. The van der Waals surface area contributed by atoms with Gasteiger partial charge in [-0.05, 0) is 79.0 Å². The Hall–Kier alpha value is -3.03. The van der Waals surface area contributed by atoms with Gasteiger partial charge in [0, 0.05) is 5.56 Å². The molecule has 0 amide bonds. The summed E-state index contributed by atoms with van der Waals surface area (Å²) in [6.07, 6.45) is 0.234. The Balaban J connectivity index is 1.48. The monoisotopic (exact) mass is 552 g/mol. The van der Waals surface area contributed by atoms with Crippen LogP contribution in [0, 0.1) is 17.6 Å². The van der Waals surface area contributed by atoms with Crippen molar-refractivity contribution in [2.75, 3.05) is 0 Å². The van der Waals surface area contributed by atoms with Crippen LogP contribution in [0.15, 0.2) is 60.7 Å². The molecular formula is C31H31F7O. The highest BCUT2D eigenvalue weighted by molar-refractivity contribution is 5.71. The van der Waals surface area contributed by atoms with E-state index in [2.05, 4.69) is 6.92 Å². The Morgan fingerprint density at radius 1 is 0.795 bits per heavy atom. The minimum absolute atomic E-state index is 0.170. The van der Waals surface area contributed by atoms with Gasteiger partial charge < -0.3 is 4.74 Å². The lowest BCUT2D eigenvalue weighted by atomic mass is 9.77. The molecule has 39 heavy (non-hydrogen) atoms. The summed E-state index contributed by atoms with van der Waals surface area (Å²) in [5.74, 6) is -3.06. The van der Waals surface area contributed by atoms with E-state index in [9.17, 15) is 22.0 Å². The molecule has 210 valence electrons. The summed E-state index contributed by atoms with van der Waals surface area (Å²) in [6.45, 7) is 2.19. The molecule has 0 aliphatic heterocycles. The molecule has 1 aliphatic rings. The summed E-state index contributed by atoms with van der Waals surface area (Å²) in [5, 5.41) is 0. The predicted molar refractivity (Wildman–Crippen MR) is 137 cm³/mol. The average Bonchev–Trinajstić information content (AvgIpc) is 2.88. The van der Waals surface area contributed by atoms with E-state index in [1.807, 2.05) is 0 Å². The van der Waals surface area contributed by atoms with Crippen molar-refractivity contribution in [3.05, 3.63) is 89.0 Å². The van der Waals surface area contributed by atoms with Gasteiger partial charge in [-0.25, -0.2) is 8.78 Å². The van der Waals surface area contributed by atoms with Gasteiger partial charge in [0.1, 0.15) is 22.9 Å². The van der Waals surface area contributed by atoms with E-state index < -0.39 is 40.8 Å². The second-order valence-corrected chi connectivity index (χ2v) is 10.3. The number of rotatable bonds is 9. The molecular weight excluding hydrogens is 521 g/mol. The first-order valence-electron chi connectivity index (χ1n) is 13.3. The molecule has 0 bridgehead atoms. The maximum atomic E-state index is 15.2. The maximum absolute atomic E-state index is 15.2. The van der Waals surface area contributed by atoms with Crippen LogP contribution in [0.2, 0.25) is 0 Å². The third-order valence-corrected chi connectivity index (χ3v) is 7.54. The van der Waals surface area contributed by atoms with Crippen LogP contribution in [0.1, 0.15) is 80.9 Å². The smallest absolute Gasteiger partial charge is 0.426 e. The molecule has 0 heterocycles. The Labute approximate surface area is 224 Å². The van der Waals surface area contributed by atoms with E-state index >= 15 is 8.78 Å². The highest BCUT2D eigenvalue weighted by Gasteiger charge is 2.39. The summed E-state index contributed by atoms with van der Waals surface area (Å²) in [7, 11) is 0. The summed E-state index contributed by atoms with van der Waals surface area (Å²) in [5.41, 5.74) is -1.97. The molecule has 1 fully saturated rings. The summed E-state index contributed by atoms with van der Waals surface area (Å²) >= 11 is 0. The molecule has 0 saturated heterocycles. The van der Waals surface area contributed by atoms with Crippen molar-refractivity contribution in [3.63, 3.8) is 0 Å². The lowest BCUT2D eigenvalue weighted by Crippen LogP contribution is -2.22. The average molecular weight is 553 g/mol. The van der Waals surface area contributed by atoms with Crippen molar-refractivity contribution in [2.24, 2.45) is 5.92 Å². The minimum atomic E-state index is -5.24. The third-order valence-electron chi connectivity index (χ3n) is 7.54. The van der Waals surface area contributed by atoms with Crippen LogP contribution in [0.4, 0.5) is 30.7 Å². The van der Waals surface area contributed by atoms with Gasteiger partial charge in [-0.2, -0.15) is 22.0 Å². The van der Waals surface area contributed by atoms with Crippen molar-refractivity contribution < 1.29 is 35.5 Å². The van der Waals surface area contributed by atoms with Crippen LogP contribution in [-0.2, 0) is 12.3 Å². The van der Waals surface area contributed by atoms with Gasteiger partial charge in [0.2, 0.25) is 0 Å². The number of hydrogen-bond donors (Lipinski definition) is 0. The van der Waals surface area contributed by atoms with Gasteiger partial charge in [-0.1, -0.05) is 62.9 Å². The van der Waals surface area contributed by atoms with E-state index in [-0.39, 0.29) is 11.1 Å². The van der Waals surface area contributed by atoms with Gasteiger partial charge in [0.05, 0.1) is 5.56 Å². The molecule has 4 rings (SSSR count). The molecule has 0 N–H and O–H groups in total.